The lowest BCUT2D eigenvalue weighted by Gasteiger charge is -2.20. The normalized spacial score (nSPS) is 12.6. The number of amides is 2. The van der Waals surface area contributed by atoms with E-state index in [1.807, 2.05) is 0 Å². The van der Waals surface area contributed by atoms with Crippen LogP contribution in [0.1, 0.15) is 48.8 Å². The van der Waals surface area contributed by atoms with E-state index in [1.165, 1.54) is 12.4 Å². The molecule has 216 valence electrons. The Bertz CT molecular complexity index is 1420. The second kappa shape index (κ2) is 12.2. The van der Waals surface area contributed by atoms with Crippen LogP contribution in [0.5, 0.6) is 0 Å². The smallest absolute Gasteiger partial charge is 0.417 e. The molecule has 3 aromatic heterocycles. The van der Waals surface area contributed by atoms with Crippen molar-refractivity contribution in [2.24, 2.45) is 0 Å². The number of alkyl halides is 4. The number of carbonyl (C=O) groups is 2. The van der Waals surface area contributed by atoms with Gasteiger partial charge in [0, 0.05) is 31.7 Å². The van der Waals surface area contributed by atoms with Gasteiger partial charge in [-0.1, -0.05) is 5.21 Å². The Kier molecular flexibility index (Phi) is 9.21. The first kappa shape index (κ1) is 30.2. The zero-order chi connectivity index (χ0) is 29.7. The van der Waals surface area contributed by atoms with Gasteiger partial charge in [-0.05, 0) is 44.9 Å². The monoisotopic (exact) mass is 571 g/mol. The van der Waals surface area contributed by atoms with E-state index in [-0.39, 0.29) is 43.0 Å². The number of carbonyl (C=O) groups excluding carboxylic acids is 2. The van der Waals surface area contributed by atoms with E-state index in [0.717, 1.165) is 27.6 Å². The molecule has 0 bridgehead atoms. The summed E-state index contributed by atoms with van der Waals surface area (Å²) in [5, 5.41) is 11.8. The highest BCUT2D eigenvalue weighted by molar-refractivity contribution is 5.91. The number of anilines is 1. The molecule has 3 rings (SSSR count). The van der Waals surface area contributed by atoms with Crippen molar-refractivity contribution in [2.45, 2.75) is 64.8 Å². The molecule has 0 fully saturated rings. The second-order valence-electron chi connectivity index (χ2n) is 9.64. The molecule has 1 unspecified atom stereocenters. The van der Waals surface area contributed by atoms with Crippen molar-refractivity contribution in [1.29, 1.82) is 0 Å². The van der Waals surface area contributed by atoms with Crippen LogP contribution in [-0.4, -0.2) is 48.3 Å². The fourth-order valence-corrected chi connectivity index (χ4v) is 3.31. The summed E-state index contributed by atoms with van der Waals surface area (Å²) >= 11 is 0. The van der Waals surface area contributed by atoms with E-state index in [1.54, 1.807) is 20.8 Å². The number of rotatable bonds is 9. The van der Waals surface area contributed by atoms with E-state index < -0.39 is 46.9 Å². The second-order valence-corrected chi connectivity index (χ2v) is 9.64. The molecule has 0 aromatic carbocycles. The summed E-state index contributed by atoms with van der Waals surface area (Å²) in [6.45, 7) is 4.05. The van der Waals surface area contributed by atoms with Gasteiger partial charge in [0.25, 0.3) is 11.5 Å². The van der Waals surface area contributed by atoms with Crippen LogP contribution in [0.15, 0.2) is 41.7 Å². The van der Waals surface area contributed by atoms with Crippen molar-refractivity contribution in [3.05, 3.63) is 69.9 Å². The van der Waals surface area contributed by atoms with Gasteiger partial charge in [0.15, 0.2) is 5.69 Å². The number of hydrogen-bond donors (Lipinski definition) is 2. The predicted molar refractivity (Wildman–Crippen MR) is 130 cm³/mol. The Balaban J connectivity index is 1.51. The highest BCUT2D eigenvalue weighted by atomic mass is 19.4. The fourth-order valence-electron chi connectivity index (χ4n) is 3.31. The number of aryl methyl sites for hydroxylation is 1. The van der Waals surface area contributed by atoms with Crippen LogP contribution in [0.25, 0.3) is 0 Å². The third-order valence-electron chi connectivity index (χ3n) is 5.16. The van der Waals surface area contributed by atoms with Crippen LogP contribution in [-0.2, 0) is 30.5 Å². The lowest BCUT2D eigenvalue weighted by Crippen LogP contribution is -2.30. The number of hydrogen-bond acceptors (Lipinski definition) is 7. The fraction of sp³-hybridized carbons (Fsp3) is 0.417. The SMILES string of the molecule is CC(C)(C)OC(=O)Nc1ccn(CCC(F)Cn2cc(C(=O)NCc3cncc(C(F)(F)F)c3)nn2)c(=O)c1F. The van der Waals surface area contributed by atoms with E-state index in [2.05, 4.69) is 25.9 Å². The maximum absolute atomic E-state index is 14.6. The molecule has 0 spiro atoms. The molecule has 0 aliphatic heterocycles. The third-order valence-corrected chi connectivity index (χ3v) is 5.16. The Labute approximate surface area is 224 Å². The van der Waals surface area contributed by atoms with Crippen molar-refractivity contribution in [3.8, 4) is 0 Å². The van der Waals surface area contributed by atoms with Crippen LogP contribution in [0.2, 0.25) is 0 Å². The molecule has 1 atom stereocenters. The minimum Gasteiger partial charge on any atom is -0.444 e. The Hall–Kier alpha value is -4.37. The summed E-state index contributed by atoms with van der Waals surface area (Å²) in [7, 11) is 0. The molecule has 2 amide bonds. The van der Waals surface area contributed by atoms with Crippen LogP contribution in [0, 0.1) is 5.82 Å². The number of nitrogens with zero attached hydrogens (tertiary/aromatic N) is 5. The molecule has 0 radical (unpaired) electrons. The Morgan fingerprint density at radius 2 is 1.90 bits per heavy atom. The molecule has 3 aromatic rings. The molecule has 0 aliphatic carbocycles. The first-order valence-electron chi connectivity index (χ1n) is 11.8. The molecule has 0 saturated carbocycles. The van der Waals surface area contributed by atoms with Crippen molar-refractivity contribution >= 4 is 17.7 Å². The summed E-state index contributed by atoms with van der Waals surface area (Å²) in [6, 6.07) is 1.99. The summed E-state index contributed by atoms with van der Waals surface area (Å²) in [5.74, 6) is -1.99. The molecule has 3 heterocycles. The van der Waals surface area contributed by atoms with Gasteiger partial charge in [-0.25, -0.2) is 13.9 Å². The summed E-state index contributed by atoms with van der Waals surface area (Å²) in [4.78, 5) is 39.9. The van der Waals surface area contributed by atoms with Crippen LogP contribution < -0.4 is 16.2 Å². The van der Waals surface area contributed by atoms with Gasteiger partial charge in [-0.2, -0.15) is 17.6 Å². The van der Waals surface area contributed by atoms with Crippen LogP contribution in [0.3, 0.4) is 0 Å². The average Bonchev–Trinajstić information content (AvgIpc) is 3.32. The average molecular weight is 572 g/mol. The van der Waals surface area contributed by atoms with Crippen LogP contribution in [0.4, 0.5) is 32.4 Å². The number of pyridine rings is 2. The summed E-state index contributed by atoms with van der Waals surface area (Å²) in [5.41, 5.74) is -3.33. The maximum atomic E-state index is 14.6. The Morgan fingerprint density at radius 3 is 2.58 bits per heavy atom. The molecule has 40 heavy (non-hydrogen) atoms. The van der Waals surface area contributed by atoms with Gasteiger partial charge >= 0.3 is 12.3 Å². The third kappa shape index (κ3) is 8.57. The number of nitrogens with one attached hydrogen (secondary N) is 2. The highest BCUT2D eigenvalue weighted by Gasteiger charge is 2.31. The van der Waals surface area contributed by atoms with E-state index in [0.29, 0.717) is 6.20 Å². The van der Waals surface area contributed by atoms with Gasteiger partial charge in [0.2, 0.25) is 5.82 Å². The predicted octanol–water partition coefficient (Wildman–Crippen LogP) is 3.70. The first-order chi connectivity index (χ1) is 18.6. The molecular formula is C24H26F5N7O4. The van der Waals surface area contributed by atoms with Crippen LogP contribution >= 0.6 is 0 Å². The van der Waals surface area contributed by atoms with E-state index >= 15 is 0 Å². The summed E-state index contributed by atoms with van der Waals surface area (Å²) < 4.78 is 74.4. The summed E-state index contributed by atoms with van der Waals surface area (Å²) in [6.07, 6.45) is -3.13. The van der Waals surface area contributed by atoms with Crippen molar-refractivity contribution in [3.63, 3.8) is 0 Å². The zero-order valence-electron chi connectivity index (χ0n) is 21.6. The molecule has 2 N–H and O–H groups in total. The molecular weight excluding hydrogens is 545 g/mol. The highest BCUT2D eigenvalue weighted by Crippen LogP contribution is 2.28. The van der Waals surface area contributed by atoms with Crippen molar-refractivity contribution < 1.29 is 36.3 Å². The Morgan fingerprint density at radius 1 is 1.18 bits per heavy atom. The largest absolute Gasteiger partial charge is 0.444 e. The number of halogens is 5. The number of ether oxygens (including phenoxy) is 1. The topological polar surface area (TPSA) is 133 Å². The van der Waals surface area contributed by atoms with Gasteiger partial charge in [-0.15, -0.1) is 5.10 Å². The molecule has 11 nitrogen and oxygen atoms in total. The van der Waals surface area contributed by atoms with Crippen molar-refractivity contribution in [2.75, 3.05) is 5.32 Å². The van der Waals surface area contributed by atoms with E-state index in [9.17, 15) is 36.3 Å². The van der Waals surface area contributed by atoms with Crippen molar-refractivity contribution in [1.82, 2.24) is 29.9 Å². The van der Waals surface area contributed by atoms with E-state index in [4.69, 9.17) is 4.74 Å². The van der Waals surface area contributed by atoms with Gasteiger partial charge in [0.05, 0.1) is 24.0 Å². The molecule has 0 aliphatic rings. The minimum atomic E-state index is -4.58. The van der Waals surface area contributed by atoms with Gasteiger partial charge in [0.1, 0.15) is 11.8 Å². The lowest BCUT2D eigenvalue weighted by atomic mass is 10.2. The number of aromatic nitrogens is 5. The quantitative estimate of drug-likeness (QED) is 0.374. The lowest BCUT2D eigenvalue weighted by molar-refractivity contribution is -0.137. The molecule has 0 saturated heterocycles. The standard InChI is InChI=1S/C24H26F5N7O4/c1-23(2,3)40-22(39)32-17-5-7-35(21(38)19(17)26)6-4-16(25)12-36-13-18(33-34-36)20(37)31-10-14-8-15(11-30-9-14)24(27,28)29/h5,7-9,11,13,16H,4,6,10,12H2,1-3H3,(H,31,37)(H,32,39). The minimum absolute atomic E-state index is 0.111. The molecule has 16 heteroatoms. The maximum Gasteiger partial charge on any atom is 0.417 e. The van der Waals surface area contributed by atoms with Gasteiger partial charge < -0.3 is 14.6 Å². The zero-order valence-corrected chi connectivity index (χ0v) is 21.6. The van der Waals surface area contributed by atoms with Gasteiger partial charge in [-0.3, -0.25) is 19.9 Å². The first-order valence-corrected chi connectivity index (χ1v) is 11.8.